The number of rotatable bonds is 6. The van der Waals surface area contributed by atoms with Crippen LogP contribution in [-0.2, 0) is 0 Å². The van der Waals surface area contributed by atoms with Crippen molar-refractivity contribution >= 4 is 143 Å². The maximum atomic E-state index is 6.29. The minimum absolute atomic E-state index is 0.901. The highest BCUT2D eigenvalue weighted by Crippen LogP contribution is 2.39. The average molecular weight is 696 g/mol. The number of anilines is 3. The molecule has 0 unspecified atom stereocenters. The van der Waals surface area contributed by atoms with Gasteiger partial charge in [-0.1, -0.05) is 113 Å². The molecule has 0 bridgehead atoms. The van der Waals surface area contributed by atoms with Crippen LogP contribution in [0.4, 0.5) is 17.1 Å². The van der Waals surface area contributed by atoms with Crippen LogP contribution < -0.4 is 43.1 Å². The van der Waals surface area contributed by atoms with Gasteiger partial charge in [-0.2, -0.15) is 0 Å². The van der Waals surface area contributed by atoms with Crippen molar-refractivity contribution in [2.75, 3.05) is 4.90 Å². The molecule has 1 aromatic heterocycles. The number of hydrogen-bond acceptors (Lipinski definition) is 2. The Morgan fingerprint density at radius 2 is 0.836 bits per heavy atom. The first-order valence-electron chi connectivity index (χ1n) is 19.3. The molecule has 0 aliphatic carbocycles. The van der Waals surface area contributed by atoms with Crippen LogP contribution >= 0.6 is 0 Å². The van der Waals surface area contributed by atoms with Crippen molar-refractivity contribution < 1.29 is 4.42 Å². The van der Waals surface area contributed by atoms with E-state index in [4.69, 9.17) is 4.42 Å². The topological polar surface area (TPSA) is 16.4 Å². The lowest BCUT2D eigenvalue weighted by Crippen LogP contribution is -2.52. The van der Waals surface area contributed by atoms with E-state index in [-0.39, 0.29) is 0 Å². The number of para-hydroxylation sites is 1. The predicted molar refractivity (Wildman–Crippen MR) is 259 cm³/mol. The van der Waals surface area contributed by atoms with Crippen LogP contribution in [-0.4, -0.2) is 54.9 Å². The molecular formula is C46H38B7NO. The minimum atomic E-state index is 0.901. The normalized spacial score (nSPS) is 11.4. The van der Waals surface area contributed by atoms with Gasteiger partial charge in [-0.3, -0.25) is 0 Å². The van der Waals surface area contributed by atoms with Gasteiger partial charge in [0.25, 0.3) is 0 Å². The van der Waals surface area contributed by atoms with Crippen LogP contribution in [0.25, 0.3) is 66.1 Å². The molecule has 0 fully saturated rings. The number of hydrogen-bond donors (Lipinski definition) is 0. The van der Waals surface area contributed by atoms with Gasteiger partial charge in [0.1, 0.15) is 66.1 Å². The third kappa shape index (κ3) is 5.85. The quantitative estimate of drug-likeness (QED) is 0.242. The molecule has 0 amide bonds. The second-order valence-electron chi connectivity index (χ2n) is 15.2. The molecule has 0 saturated carbocycles. The van der Waals surface area contributed by atoms with Gasteiger partial charge in [0.05, 0.1) is 0 Å². The molecule has 0 saturated heterocycles. The summed E-state index contributed by atoms with van der Waals surface area (Å²) in [5.74, 6) is 0. The summed E-state index contributed by atoms with van der Waals surface area (Å²) < 4.78 is 6.29. The first-order valence-corrected chi connectivity index (χ1v) is 19.3. The van der Waals surface area contributed by atoms with E-state index >= 15 is 0 Å². The van der Waals surface area contributed by atoms with Gasteiger partial charge in [-0.15, -0.1) is 16.4 Å². The van der Waals surface area contributed by atoms with Crippen LogP contribution in [0.3, 0.4) is 0 Å². The van der Waals surface area contributed by atoms with Crippen LogP contribution in [0.1, 0.15) is 0 Å². The third-order valence-corrected chi connectivity index (χ3v) is 12.3. The average Bonchev–Trinajstić information content (AvgIpc) is 3.60. The SMILES string of the molecule is Bc1c(B)c(B)c2c(-c3ccc(N(c4ccc(-c5ccccc5)cc4)c4cccc(-c5ccc6c(c5)oc5ccccc56)c4)cc3)c(B)c(B)c(B)c2c1B. The molecular weight excluding hydrogens is 658 g/mol. The summed E-state index contributed by atoms with van der Waals surface area (Å²) in [5.41, 5.74) is 22.0. The van der Waals surface area contributed by atoms with E-state index in [0.29, 0.717) is 0 Å². The molecule has 0 radical (unpaired) electrons. The third-order valence-electron chi connectivity index (χ3n) is 12.3. The molecule has 0 atom stereocenters. The summed E-state index contributed by atoms with van der Waals surface area (Å²) in [5, 5.41) is 5.07. The molecule has 1 heterocycles. The fourth-order valence-electron chi connectivity index (χ4n) is 8.69. The highest BCUT2D eigenvalue weighted by molar-refractivity contribution is 6.71. The first kappa shape index (κ1) is 34.8. The van der Waals surface area contributed by atoms with E-state index in [1.165, 1.54) is 71.3 Å². The van der Waals surface area contributed by atoms with Gasteiger partial charge >= 0.3 is 0 Å². The Bertz CT molecular complexity index is 2930. The zero-order valence-corrected chi connectivity index (χ0v) is 32.7. The van der Waals surface area contributed by atoms with Crippen molar-refractivity contribution in [1.29, 1.82) is 0 Å². The molecule has 0 aliphatic heterocycles. The van der Waals surface area contributed by atoms with E-state index in [1.54, 1.807) is 0 Å². The Balaban J connectivity index is 1.18. The largest absolute Gasteiger partial charge is 0.456 e. The first-order chi connectivity index (χ1) is 26.7. The van der Waals surface area contributed by atoms with Gasteiger partial charge in [-0.25, -0.2) is 0 Å². The summed E-state index contributed by atoms with van der Waals surface area (Å²) >= 11 is 0. The fraction of sp³-hybridized carbons (Fsp3) is 0. The summed E-state index contributed by atoms with van der Waals surface area (Å²) in [7, 11) is 16.0. The standard InChI is InChI=1S/C46H38B7NO/c47-40-37(38-39(42(49)44(40)51)43(50)46(53)45(52)41(38)48)27-15-20-31(21-16-27)54(30-18-13-26(14-19-30)25-7-2-1-3-8-25)32-10-6-9-28(23-32)29-17-22-34-33-11-4-5-12-35(33)55-36(34)24-29/h1-24H,47-53H2. The van der Waals surface area contributed by atoms with Gasteiger partial charge in [0.2, 0.25) is 0 Å². The summed E-state index contributed by atoms with van der Waals surface area (Å²) in [6, 6.07) is 52.4. The van der Waals surface area contributed by atoms with Gasteiger partial charge < -0.3 is 9.32 Å². The van der Waals surface area contributed by atoms with E-state index in [2.05, 4.69) is 193 Å². The second-order valence-corrected chi connectivity index (χ2v) is 15.2. The maximum absolute atomic E-state index is 6.29. The van der Waals surface area contributed by atoms with Gasteiger partial charge in [0.15, 0.2) is 0 Å². The minimum Gasteiger partial charge on any atom is -0.456 e. The number of fused-ring (bicyclic) bond motifs is 4. The van der Waals surface area contributed by atoms with Crippen molar-refractivity contribution in [2.45, 2.75) is 0 Å². The Kier molecular flexibility index (Phi) is 8.69. The van der Waals surface area contributed by atoms with E-state index in [1.807, 2.05) is 12.1 Å². The predicted octanol–water partition coefficient (Wildman–Crippen LogP) is 1.02. The van der Waals surface area contributed by atoms with Gasteiger partial charge in [0, 0.05) is 27.8 Å². The highest BCUT2D eigenvalue weighted by Gasteiger charge is 2.20. The molecule has 8 aromatic carbocycles. The molecule has 9 rings (SSSR count). The lowest BCUT2D eigenvalue weighted by molar-refractivity contribution is 0.669. The summed E-state index contributed by atoms with van der Waals surface area (Å²) in [6.07, 6.45) is 0. The maximum Gasteiger partial charge on any atom is 0.139 e. The lowest BCUT2D eigenvalue weighted by atomic mass is 9.59. The second kappa shape index (κ2) is 13.7. The van der Waals surface area contributed by atoms with Crippen molar-refractivity contribution in [3.8, 4) is 33.4 Å². The number of benzene rings is 8. The van der Waals surface area contributed by atoms with E-state index in [0.717, 1.165) is 50.1 Å². The van der Waals surface area contributed by atoms with Crippen molar-refractivity contribution in [2.24, 2.45) is 0 Å². The highest BCUT2D eigenvalue weighted by atomic mass is 16.3. The Hall–Kier alpha value is -5.93. The smallest absolute Gasteiger partial charge is 0.139 e. The number of furan rings is 1. The number of nitrogens with zero attached hydrogens (tertiary/aromatic N) is 1. The van der Waals surface area contributed by atoms with Crippen molar-refractivity contribution in [3.05, 3.63) is 146 Å². The van der Waals surface area contributed by atoms with E-state index < -0.39 is 0 Å². The zero-order chi connectivity index (χ0) is 38.0. The van der Waals surface area contributed by atoms with Crippen LogP contribution in [0.15, 0.2) is 150 Å². The summed E-state index contributed by atoms with van der Waals surface area (Å²) in [6.45, 7) is 0. The molecule has 0 N–H and O–H groups in total. The monoisotopic (exact) mass is 697 g/mol. The molecule has 254 valence electrons. The Labute approximate surface area is 329 Å². The fourth-order valence-corrected chi connectivity index (χ4v) is 8.69. The Morgan fingerprint density at radius 1 is 0.327 bits per heavy atom. The molecule has 9 aromatic rings. The molecule has 55 heavy (non-hydrogen) atoms. The molecule has 0 spiro atoms. The Morgan fingerprint density at radius 3 is 1.53 bits per heavy atom. The van der Waals surface area contributed by atoms with Crippen LogP contribution in [0.2, 0.25) is 0 Å². The van der Waals surface area contributed by atoms with Crippen molar-refractivity contribution in [1.82, 2.24) is 0 Å². The van der Waals surface area contributed by atoms with E-state index in [9.17, 15) is 0 Å². The lowest BCUT2D eigenvalue weighted by Gasteiger charge is -2.27. The molecule has 2 nitrogen and oxygen atoms in total. The molecule has 9 heteroatoms. The zero-order valence-electron chi connectivity index (χ0n) is 32.7. The summed E-state index contributed by atoms with van der Waals surface area (Å²) in [4.78, 5) is 2.37. The van der Waals surface area contributed by atoms with Gasteiger partial charge in [-0.05, 0) is 98.8 Å². The van der Waals surface area contributed by atoms with Crippen molar-refractivity contribution in [3.63, 3.8) is 0 Å². The van der Waals surface area contributed by atoms with Crippen LogP contribution in [0, 0.1) is 0 Å². The van der Waals surface area contributed by atoms with Crippen LogP contribution in [0.5, 0.6) is 0 Å². The molecule has 0 aliphatic rings.